The highest BCUT2D eigenvalue weighted by Crippen LogP contribution is 2.18. The second-order valence-corrected chi connectivity index (χ2v) is 20.6. The van der Waals surface area contributed by atoms with Gasteiger partial charge in [0.15, 0.2) is 0 Å². The summed E-state index contributed by atoms with van der Waals surface area (Å²) in [5, 5.41) is 33.4. The number of carbonyl (C=O) groups excluding carboxylic acids is 1. The van der Waals surface area contributed by atoms with E-state index >= 15 is 0 Å². The monoisotopic (exact) mass is 916 g/mol. The van der Waals surface area contributed by atoms with Gasteiger partial charge in [0.1, 0.15) is 6.10 Å². The summed E-state index contributed by atoms with van der Waals surface area (Å²) >= 11 is 0. The molecule has 0 saturated carbocycles. The topological polar surface area (TPSA) is 89.8 Å². The molecule has 65 heavy (non-hydrogen) atoms. The number of hydrogen-bond donors (Lipinski definition) is 4. The first-order valence-corrected chi connectivity index (χ1v) is 29.7. The van der Waals surface area contributed by atoms with Crippen LogP contribution >= 0.6 is 0 Å². The molecule has 3 unspecified atom stereocenters. The van der Waals surface area contributed by atoms with Crippen LogP contribution in [0.25, 0.3) is 0 Å². The van der Waals surface area contributed by atoms with E-state index in [1.54, 1.807) is 6.08 Å². The molecule has 0 spiro atoms. The molecule has 1 amide bonds. The van der Waals surface area contributed by atoms with Gasteiger partial charge >= 0.3 is 0 Å². The number of aliphatic hydroxyl groups excluding tert-OH is 3. The van der Waals surface area contributed by atoms with Gasteiger partial charge in [-0.05, 0) is 32.1 Å². The van der Waals surface area contributed by atoms with Crippen LogP contribution in [0.5, 0.6) is 0 Å². The Kier molecular flexibility index (Phi) is 54.4. The summed E-state index contributed by atoms with van der Waals surface area (Å²) in [6.45, 7) is 4.22. The van der Waals surface area contributed by atoms with Gasteiger partial charge in [0, 0.05) is 0 Å². The molecule has 5 heteroatoms. The lowest BCUT2D eigenvalue weighted by Gasteiger charge is -2.21. The van der Waals surface area contributed by atoms with E-state index in [9.17, 15) is 20.1 Å². The van der Waals surface area contributed by atoms with E-state index < -0.39 is 24.2 Å². The predicted molar refractivity (Wildman–Crippen MR) is 287 cm³/mol. The van der Waals surface area contributed by atoms with Crippen LogP contribution < -0.4 is 5.32 Å². The van der Waals surface area contributed by atoms with Crippen molar-refractivity contribution in [3.05, 3.63) is 24.3 Å². The summed E-state index contributed by atoms with van der Waals surface area (Å²) in [5.41, 5.74) is 0. The molecule has 0 heterocycles. The van der Waals surface area contributed by atoms with E-state index in [1.807, 2.05) is 6.08 Å². The molecule has 0 aliphatic rings. The number of nitrogens with one attached hydrogen (secondary N) is 1. The van der Waals surface area contributed by atoms with Gasteiger partial charge < -0.3 is 20.6 Å². The van der Waals surface area contributed by atoms with E-state index in [-0.39, 0.29) is 6.61 Å². The second kappa shape index (κ2) is 55.4. The number of carbonyl (C=O) groups is 1. The first-order valence-electron chi connectivity index (χ1n) is 29.7. The highest BCUT2D eigenvalue weighted by Gasteiger charge is 2.22. The summed E-state index contributed by atoms with van der Waals surface area (Å²) in [5.74, 6) is -0.506. The van der Waals surface area contributed by atoms with Crippen molar-refractivity contribution in [1.82, 2.24) is 5.32 Å². The van der Waals surface area contributed by atoms with Gasteiger partial charge in [-0.1, -0.05) is 321 Å². The van der Waals surface area contributed by atoms with Crippen LogP contribution in [0.3, 0.4) is 0 Å². The summed E-state index contributed by atoms with van der Waals surface area (Å²) < 4.78 is 0. The Balaban J connectivity index is 3.55. The molecule has 0 bridgehead atoms. The third-order valence-electron chi connectivity index (χ3n) is 14.0. The smallest absolute Gasteiger partial charge is 0.249 e. The van der Waals surface area contributed by atoms with Gasteiger partial charge in [0.25, 0.3) is 0 Å². The molecule has 0 radical (unpaired) electrons. The average molecular weight is 917 g/mol. The minimum atomic E-state index is -1.10. The normalized spacial score (nSPS) is 13.4. The largest absolute Gasteiger partial charge is 0.394 e. The third kappa shape index (κ3) is 50.5. The van der Waals surface area contributed by atoms with Crippen LogP contribution in [0.2, 0.25) is 0 Å². The maximum atomic E-state index is 12.6. The van der Waals surface area contributed by atoms with E-state index in [4.69, 9.17) is 0 Å². The SMILES string of the molecule is CCCCCCCCCCCCCCCCCCC/C=C/CC/C=C/C(O)C(CO)NC(=O)C(O)CCCCCCCCCCCCCCCCCCCCCCCCCCCCCC. The Labute approximate surface area is 407 Å². The number of unbranched alkanes of at least 4 members (excludes halogenated alkanes) is 45. The van der Waals surface area contributed by atoms with Crippen LogP contribution in [-0.2, 0) is 4.79 Å². The van der Waals surface area contributed by atoms with E-state index in [1.165, 1.54) is 270 Å². The number of rotatable bonds is 55. The molecule has 0 saturated heterocycles. The second-order valence-electron chi connectivity index (χ2n) is 20.6. The van der Waals surface area contributed by atoms with Crippen molar-refractivity contribution in [2.75, 3.05) is 6.61 Å². The summed E-state index contributed by atoms with van der Waals surface area (Å²) in [6.07, 6.45) is 71.3. The molecule has 0 fully saturated rings. The van der Waals surface area contributed by atoms with Crippen LogP contribution in [0, 0.1) is 0 Å². The summed E-state index contributed by atoms with van der Waals surface area (Å²) in [4.78, 5) is 12.6. The van der Waals surface area contributed by atoms with E-state index in [0.29, 0.717) is 6.42 Å². The van der Waals surface area contributed by atoms with Crippen LogP contribution in [0.15, 0.2) is 24.3 Å². The zero-order valence-corrected chi connectivity index (χ0v) is 44.1. The standard InChI is InChI=1S/C60H117NO4/c1-3-5-7-9-11-13-15-17-19-21-23-25-27-28-29-30-31-33-35-37-39-41-43-45-47-49-51-53-55-59(64)60(65)61-57(56-62)58(63)54-52-50-48-46-44-42-40-38-36-34-32-26-24-22-20-18-16-14-12-10-8-6-4-2/h44,46,52,54,57-59,62-64H,3-43,45,47-51,53,55-56H2,1-2H3,(H,61,65)/b46-44+,54-52+. The molecule has 0 aromatic carbocycles. The average Bonchev–Trinajstić information content (AvgIpc) is 3.31. The third-order valence-corrected chi connectivity index (χ3v) is 14.0. The van der Waals surface area contributed by atoms with Crippen molar-refractivity contribution in [2.24, 2.45) is 0 Å². The van der Waals surface area contributed by atoms with Crippen LogP contribution in [-0.4, -0.2) is 46.1 Å². The summed E-state index contributed by atoms with van der Waals surface area (Å²) in [7, 11) is 0. The summed E-state index contributed by atoms with van der Waals surface area (Å²) in [6, 6.07) is -0.813. The number of amides is 1. The molecule has 0 rings (SSSR count). The minimum absolute atomic E-state index is 0.372. The predicted octanol–water partition coefficient (Wildman–Crippen LogP) is 18.5. The lowest BCUT2D eigenvalue weighted by atomic mass is 10.0. The molecule has 0 aromatic heterocycles. The molecular weight excluding hydrogens is 799 g/mol. The lowest BCUT2D eigenvalue weighted by Crippen LogP contribution is -2.48. The number of aliphatic hydroxyl groups is 3. The van der Waals surface area contributed by atoms with Crippen LogP contribution in [0.1, 0.15) is 328 Å². The molecule has 5 nitrogen and oxygen atoms in total. The molecule has 4 N–H and O–H groups in total. The van der Waals surface area contributed by atoms with Gasteiger partial charge in [-0.3, -0.25) is 4.79 Å². The maximum Gasteiger partial charge on any atom is 0.249 e. The van der Waals surface area contributed by atoms with Crippen molar-refractivity contribution in [3.63, 3.8) is 0 Å². The van der Waals surface area contributed by atoms with Gasteiger partial charge in [-0.25, -0.2) is 0 Å². The van der Waals surface area contributed by atoms with E-state index in [0.717, 1.165) is 38.5 Å². The molecule has 0 aliphatic carbocycles. The van der Waals surface area contributed by atoms with Crippen molar-refractivity contribution in [1.29, 1.82) is 0 Å². The van der Waals surface area contributed by atoms with Crippen molar-refractivity contribution in [2.45, 2.75) is 347 Å². The van der Waals surface area contributed by atoms with Crippen LogP contribution in [0.4, 0.5) is 0 Å². The van der Waals surface area contributed by atoms with Crippen molar-refractivity contribution < 1.29 is 20.1 Å². The zero-order chi connectivity index (χ0) is 47.2. The Morgan fingerprint density at radius 3 is 0.938 bits per heavy atom. The highest BCUT2D eigenvalue weighted by molar-refractivity contribution is 5.80. The fourth-order valence-corrected chi connectivity index (χ4v) is 9.44. The molecule has 0 aromatic rings. The molecule has 0 aliphatic heterocycles. The zero-order valence-electron chi connectivity index (χ0n) is 44.1. The lowest BCUT2D eigenvalue weighted by molar-refractivity contribution is -0.131. The van der Waals surface area contributed by atoms with Crippen molar-refractivity contribution in [3.8, 4) is 0 Å². The Hall–Kier alpha value is -1.17. The van der Waals surface area contributed by atoms with E-state index in [2.05, 4.69) is 31.3 Å². The van der Waals surface area contributed by atoms with Gasteiger partial charge in [0.2, 0.25) is 5.91 Å². The van der Waals surface area contributed by atoms with Crippen molar-refractivity contribution >= 4 is 5.91 Å². The Morgan fingerprint density at radius 2 is 0.631 bits per heavy atom. The fraction of sp³-hybridized carbons (Fsp3) is 0.917. The molecule has 3 atom stereocenters. The first kappa shape index (κ1) is 63.8. The fourth-order valence-electron chi connectivity index (χ4n) is 9.44. The maximum absolute atomic E-state index is 12.6. The quantitative estimate of drug-likeness (QED) is 0.0361. The van der Waals surface area contributed by atoms with Gasteiger partial charge in [-0.2, -0.15) is 0 Å². The highest BCUT2D eigenvalue weighted by atomic mass is 16.3. The molecule has 386 valence electrons. The Bertz CT molecular complexity index is 967. The Morgan fingerprint density at radius 1 is 0.369 bits per heavy atom. The first-order chi connectivity index (χ1) is 32.1. The number of allylic oxidation sites excluding steroid dienone is 3. The van der Waals surface area contributed by atoms with Gasteiger partial charge in [-0.15, -0.1) is 0 Å². The number of hydrogen-bond acceptors (Lipinski definition) is 4. The molecular formula is C60H117NO4. The van der Waals surface area contributed by atoms with Gasteiger partial charge in [0.05, 0.1) is 18.8 Å². The minimum Gasteiger partial charge on any atom is -0.394 e.